The van der Waals surface area contributed by atoms with E-state index in [4.69, 9.17) is 11.2 Å². The lowest BCUT2D eigenvalue weighted by Gasteiger charge is -1.99. The average molecular weight is 194 g/mol. The summed E-state index contributed by atoms with van der Waals surface area (Å²) in [5.74, 6) is 3.15. The van der Waals surface area contributed by atoms with E-state index < -0.39 is 0 Å². The highest BCUT2D eigenvalue weighted by Gasteiger charge is 2.12. The molecule has 0 aliphatic heterocycles. The van der Waals surface area contributed by atoms with E-state index in [9.17, 15) is 4.79 Å². The van der Waals surface area contributed by atoms with E-state index in [0.717, 1.165) is 0 Å². The Bertz CT molecular complexity index is 333. The number of carbonyl (C=O) groups excluding carboxylic acids is 1. The van der Waals surface area contributed by atoms with Gasteiger partial charge in [-0.3, -0.25) is 4.79 Å². The molecular weight excluding hydrogens is 184 g/mol. The largest absolute Gasteiger partial charge is 0.495 e. The van der Waals surface area contributed by atoms with Gasteiger partial charge in [0.15, 0.2) is 5.78 Å². The van der Waals surface area contributed by atoms with Crippen molar-refractivity contribution < 1.29 is 9.53 Å². The summed E-state index contributed by atoms with van der Waals surface area (Å²) in [7, 11) is 1.56. The van der Waals surface area contributed by atoms with Gasteiger partial charge in [0.25, 0.3) is 0 Å². The molecule has 13 heavy (non-hydrogen) atoms. The Balaban J connectivity index is 2.71. The van der Waals surface area contributed by atoms with Gasteiger partial charge in [-0.05, 0) is 11.4 Å². The normalized spacial score (nSPS) is 9.23. The Kier molecular flexibility index (Phi) is 3.53. The fraction of sp³-hybridized carbons (Fsp3) is 0.300. The summed E-state index contributed by atoms with van der Waals surface area (Å²) in [5, 5.41) is 1.84. The Morgan fingerprint density at radius 1 is 1.77 bits per heavy atom. The zero-order valence-electron chi connectivity index (χ0n) is 7.37. The van der Waals surface area contributed by atoms with Crippen LogP contribution in [0, 0.1) is 12.3 Å². The first-order valence-corrected chi connectivity index (χ1v) is 4.75. The minimum Gasteiger partial charge on any atom is -0.495 e. The second-order valence-corrected chi connectivity index (χ2v) is 3.36. The number of carbonyl (C=O) groups is 1. The fourth-order valence-corrected chi connectivity index (χ4v) is 1.79. The lowest BCUT2D eigenvalue weighted by Crippen LogP contribution is -1.97. The van der Waals surface area contributed by atoms with E-state index in [1.807, 2.05) is 5.38 Å². The Morgan fingerprint density at radius 3 is 3.15 bits per heavy atom. The summed E-state index contributed by atoms with van der Waals surface area (Å²) in [6.45, 7) is 0. The van der Waals surface area contributed by atoms with Crippen molar-refractivity contribution in [3.05, 3.63) is 16.3 Å². The van der Waals surface area contributed by atoms with E-state index in [-0.39, 0.29) is 5.78 Å². The molecule has 1 aromatic heterocycles. The quantitative estimate of drug-likeness (QED) is 0.543. The summed E-state index contributed by atoms with van der Waals surface area (Å²) in [5.41, 5.74) is 0. The van der Waals surface area contributed by atoms with Gasteiger partial charge < -0.3 is 4.74 Å². The average Bonchev–Trinajstić information content (AvgIpc) is 2.61. The third-order valence-corrected chi connectivity index (χ3v) is 2.54. The summed E-state index contributed by atoms with van der Waals surface area (Å²) in [6, 6.07) is 1.79. The maximum atomic E-state index is 11.5. The van der Waals surface area contributed by atoms with Gasteiger partial charge in [-0.2, -0.15) is 0 Å². The molecule has 0 aliphatic carbocycles. The van der Waals surface area contributed by atoms with Crippen LogP contribution in [0.15, 0.2) is 11.4 Å². The van der Waals surface area contributed by atoms with E-state index in [2.05, 4.69) is 5.92 Å². The molecule has 0 aliphatic rings. The molecule has 2 nitrogen and oxygen atoms in total. The SMILES string of the molecule is C#CCCC(=O)c1sccc1OC. The van der Waals surface area contributed by atoms with Crippen LogP contribution in [0.5, 0.6) is 5.75 Å². The highest BCUT2D eigenvalue weighted by Crippen LogP contribution is 2.25. The molecule has 68 valence electrons. The lowest BCUT2D eigenvalue weighted by molar-refractivity contribution is 0.0985. The number of thiophene rings is 1. The van der Waals surface area contributed by atoms with E-state index in [1.54, 1.807) is 13.2 Å². The Hall–Kier alpha value is -1.27. The van der Waals surface area contributed by atoms with Crippen LogP contribution in [0.25, 0.3) is 0 Å². The maximum Gasteiger partial charge on any atom is 0.177 e. The molecule has 1 aromatic rings. The van der Waals surface area contributed by atoms with Gasteiger partial charge in [-0.25, -0.2) is 0 Å². The predicted octanol–water partition coefficient (Wildman–Crippen LogP) is 2.35. The standard InChI is InChI=1S/C10H10O2S/c1-3-4-5-8(11)10-9(12-2)6-7-13-10/h1,6-7H,4-5H2,2H3. The van der Waals surface area contributed by atoms with Crippen molar-refractivity contribution in [3.8, 4) is 18.1 Å². The van der Waals surface area contributed by atoms with Gasteiger partial charge >= 0.3 is 0 Å². The first-order valence-electron chi connectivity index (χ1n) is 3.87. The van der Waals surface area contributed by atoms with Crippen molar-refractivity contribution in [1.82, 2.24) is 0 Å². The monoisotopic (exact) mass is 194 g/mol. The molecule has 0 N–H and O–H groups in total. The van der Waals surface area contributed by atoms with Crippen LogP contribution in [-0.4, -0.2) is 12.9 Å². The number of hydrogen-bond donors (Lipinski definition) is 0. The molecule has 0 fully saturated rings. The van der Waals surface area contributed by atoms with Crippen molar-refractivity contribution >= 4 is 17.1 Å². The van der Waals surface area contributed by atoms with Crippen molar-refractivity contribution in [2.45, 2.75) is 12.8 Å². The van der Waals surface area contributed by atoms with Crippen molar-refractivity contribution in [2.75, 3.05) is 7.11 Å². The van der Waals surface area contributed by atoms with Crippen LogP contribution in [0.1, 0.15) is 22.5 Å². The number of ether oxygens (including phenoxy) is 1. The minimum atomic E-state index is 0.0600. The van der Waals surface area contributed by atoms with Crippen molar-refractivity contribution in [1.29, 1.82) is 0 Å². The van der Waals surface area contributed by atoms with Gasteiger partial charge in [0.05, 0.1) is 7.11 Å². The lowest BCUT2D eigenvalue weighted by atomic mass is 10.2. The summed E-state index contributed by atoms with van der Waals surface area (Å²) in [4.78, 5) is 12.1. The van der Waals surface area contributed by atoms with Gasteiger partial charge in [0, 0.05) is 12.8 Å². The summed E-state index contributed by atoms with van der Waals surface area (Å²) >= 11 is 1.39. The molecule has 0 radical (unpaired) electrons. The second kappa shape index (κ2) is 4.68. The maximum absolute atomic E-state index is 11.5. The minimum absolute atomic E-state index is 0.0600. The first kappa shape index (κ1) is 9.82. The number of ketones is 1. The molecule has 0 saturated carbocycles. The van der Waals surface area contributed by atoms with Crippen LogP contribution >= 0.6 is 11.3 Å². The van der Waals surface area contributed by atoms with Crippen LogP contribution < -0.4 is 4.74 Å². The fourth-order valence-electron chi connectivity index (χ4n) is 0.961. The van der Waals surface area contributed by atoms with Crippen molar-refractivity contribution in [3.63, 3.8) is 0 Å². The smallest absolute Gasteiger partial charge is 0.177 e. The molecule has 0 unspecified atom stereocenters. The summed E-state index contributed by atoms with van der Waals surface area (Å²) in [6.07, 6.45) is 5.95. The first-order chi connectivity index (χ1) is 6.29. The number of Topliss-reactive ketones (excluding diaryl/α,β-unsaturated/α-hetero) is 1. The van der Waals surface area contributed by atoms with E-state index in [0.29, 0.717) is 23.5 Å². The molecule has 0 bridgehead atoms. The zero-order valence-corrected chi connectivity index (χ0v) is 8.19. The molecule has 1 rings (SSSR count). The Morgan fingerprint density at radius 2 is 2.54 bits per heavy atom. The second-order valence-electron chi connectivity index (χ2n) is 2.45. The molecule has 0 atom stereocenters. The van der Waals surface area contributed by atoms with Crippen LogP contribution in [0.3, 0.4) is 0 Å². The highest BCUT2D eigenvalue weighted by molar-refractivity contribution is 7.12. The molecule has 0 spiro atoms. The molecular formula is C10H10O2S. The molecule has 1 heterocycles. The number of terminal acetylenes is 1. The van der Waals surface area contributed by atoms with Gasteiger partial charge in [0.2, 0.25) is 0 Å². The molecule has 3 heteroatoms. The van der Waals surface area contributed by atoms with E-state index in [1.165, 1.54) is 11.3 Å². The number of methoxy groups -OCH3 is 1. The Labute approximate surface area is 81.5 Å². The third kappa shape index (κ3) is 2.33. The number of rotatable bonds is 4. The van der Waals surface area contributed by atoms with Crippen LogP contribution in [0.4, 0.5) is 0 Å². The third-order valence-electron chi connectivity index (χ3n) is 1.60. The summed E-state index contributed by atoms with van der Waals surface area (Å²) < 4.78 is 5.02. The van der Waals surface area contributed by atoms with Crippen LogP contribution in [0.2, 0.25) is 0 Å². The zero-order chi connectivity index (χ0) is 9.68. The van der Waals surface area contributed by atoms with E-state index >= 15 is 0 Å². The molecule has 0 saturated heterocycles. The van der Waals surface area contributed by atoms with Gasteiger partial charge in [-0.1, -0.05) is 0 Å². The molecule has 0 amide bonds. The number of hydrogen-bond acceptors (Lipinski definition) is 3. The van der Waals surface area contributed by atoms with Crippen LogP contribution in [-0.2, 0) is 0 Å². The topological polar surface area (TPSA) is 26.3 Å². The highest BCUT2D eigenvalue weighted by atomic mass is 32.1. The van der Waals surface area contributed by atoms with Gasteiger partial charge in [-0.15, -0.1) is 23.7 Å². The molecule has 0 aromatic carbocycles. The van der Waals surface area contributed by atoms with Gasteiger partial charge in [0.1, 0.15) is 10.6 Å². The van der Waals surface area contributed by atoms with Crippen molar-refractivity contribution in [2.24, 2.45) is 0 Å². The predicted molar refractivity (Wildman–Crippen MR) is 53.3 cm³/mol.